The number of ketones is 1. The van der Waals surface area contributed by atoms with Gasteiger partial charge >= 0.3 is 0 Å². The van der Waals surface area contributed by atoms with Gasteiger partial charge in [-0.3, -0.25) is 14.6 Å². The van der Waals surface area contributed by atoms with Crippen molar-refractivity contribution >= 4 is 17.4 Å². The Balaban J connectivity index is 1.50. The predicted molar refractivity (Wildman–Crippen MR) is 97.7 cm³/mol. The molecular weight excluding hydrogens is 352 g/mol. The van der Waals surface area contributed by atoms with Crippen molar-refractivity contribution in [2.75, 3.05) is 31.1 Å². The van der Waals surface area contributed by atoms with Gasteiger partial charge in [0, 0.05) is 68.2 Å². The monoisotopic (exact) mass is 373 g/mol. The van der Waals surface area contributed by atoms with Gasteiger partial charge in [-0.15, -0.1) is 0 Å². The van der Waals surface area contributed by atoms with E-state index in [0.29, 0.717) is 37.4 Å². The molecule has 1 saturated heterocycles. The number of benzene rings is 1. The predicted octanol–water partition coefficient (Wildman–Crippen LogP) is 2.98. The van der Waals surface area contributed by atoms with E-state index in [1.54, 1.807) is 23.2 Å². The Morgan fingerprint density at radius 2 is 1.67 bits per heavy atom. The number of anilines is 1. The van der Waals surface area contributed by atoms with E-state index < -0.39 is 11.6 Å². The lowest BCUT2D eigenvalue weighted by Gasteiger charge is -2.36. The van der Waals surface area contributed by atoms with E-state index in [4.69, 9.17) is 0 Å². The van der Waals surface area contributed by atoms with Crippen LogP contribution < -0.4 is 4.90 Å². The quantitative estimate of drug-likeness (QED) is 0.756. The molecule has 142 valence electrons. The van der Waals surface area contributed by atoms with Gasteiger partial charge in [-0.05, 0) is 31.2 Å². The SMILES string of the molecule is Cc1cc(C(=O)CCC(=O)N2CCN(c3cc(F)cc(F)c3)CC2)ccn1. The van der Waals surface area contributed by atoms with Crippen molar-refractivity contribution in [1.29, 1.82) is 0 Å². The molecule has 2 aromatic rings. The van der Waals surface area contributed by atoms with Gasteiger partial charge in [0.2, 0.25) is 5.91 Å². The summed E-state index contributed by atoms with van der Waals surface area (Å²) < 4.78 is 26.7. The Bertz CT molecular complexity index is 829. The van der Waals surface area contributed by atoms with Crippen molar-refractivity contribution in [2.24, 2.45) is 0 Å². The molecule has 0 aliphatic carbocycles. The molecule has 0 spiro atoms. The zero-order valence-corrected chi connectivity index (χ0v) is 15.1. The van der Waals surface area contributed by atoms with E-state index in [1.807, 2.05) is 11.8 Å². The second-order valence-corrected chi connectivity index (χ2v) is 6.60. The molecule has 5 nitrogen and oxygen atoms in total. The molecule has 1 aliphatic heterocycles. The van der Waals surface area contributed by atoms with Gasteiger partial charge < -0.3 is 9.80 Å². The number of hydrogen-bond acceptors (Lipinski definition) is 4. The number of halogens is 2. The molecule has 2 heterocycles. The molecule has 1 aromatic heterocycles. The number of amides is 1. The molecule has 0 unspecified atom stereocenters. The van der Waals surface area contributed by atoms with Gasteiger partial charge in [0.1, 0.15) is 11.6 Å². The Hall–Kier alpha value is -2.83. The fraction of sp³-hybridized carbons (Fsp3) is 0.350. The van der Waals surface area contributed by atoms with Gasteiger partial charge in [0.25, 0.3) is 0 Å². The van der Waals surface area contributed by atoms with E-state index in [0.717, 1.165) is 11.8 Å². The van der Waals surface area contributed by atoms with E-state index in [2.05, 4.69) is 4.98 Å². The number of pyridine rings is 1. The summed E-state index contributed by atoms with van der Waals surface area (Å²) in [4.78, 5) is 32.2. The van der Waals surface area contributed by atoms with Crippen molar-refractivity contribution in [3.8, 4) is 0 Å². The number of aromatic nitrogens is 1. The van der Waals surface area contributed by atoms with E-state index in [-0.39, 0.29) is 24.5 Å². The highest BCUT2D eigenvalue weighted by Crippen LogP contribution is 2.20. The van der Waals surface area contributed by atoms with Crippen molar-refractivity contribution in [2.45, 2.75) is 19.8 Å². The summed E-state index contributed by atoms with van der Waals surface area (Å²) in [5, 5.41) is 0. The topological polar surface area (TPSA) is 53.5 Å². The minimum atomic E-state index is -0.617. The summed E-state index contributed by atoms with van der Waals surface area (Å²) >= 11 is 0. The van der Waals surface area contributed by atoms with Crippen LogP contribution in [0.5, 0.6) is 0 Å². The normalized spacial score (nSPS) is 14.3. The molecule has 1 aliphatic rings. The standard InChI is InChI=1S/C20H21F2N3O2/c1-14-10-15(4-5-23-14)19(26)2-3-20(27)25-8-6-24(7-9-25)18-12-16(21)11-17(22)13-18/h4-5,10-13H,2-3,6-9H2,1H3. The highest BCUT2D eigenvalue weighted by atomic mass is 19.1. The molecule has 0 radical (unpaired) electrons. The van der Waals surface area contributed by atoms with Crippen LogP contribution in [0, 0.1) is 18.6 Å². The molecule has 0 atom stereocenters. The first kappa shape index (κ1) is 18.9. The summed E-state index contributed by atoms with van der Waals surface area (Å²) in [6, 6.07) is 6.77. The van der Waals surface area contributed by atoms with Crippen LogP contribution in [-0.4, -0.2) is 47.8 Å². The maximum absolute atomic E-state index is 13.4. The van der Waals surface area contributed by atoms with Crippen LogP contribution in [0.3, 0.4) is 0 Å². The molecular formula is C20H21F2N3O2. The van der Waals surface area contributed by atoms with Gasteiger partial charge in [-0.2, -0.15) is 0 Å². The van der Waals surface area contributed by atoms with Crippen LogP contribution in [0.25, 0.3) is 0 Å². The number of carbonyl (C=O) groups excluding carboxylic acids is 2. The second-order valence-electron chi connectivity index (χ2n) is 6.60. The largest absolute Gasteiger partial charge is 0.368 e. The average Bonchev–Trinajstić information content (AvgIpc) is 2.65. The van der Waals surface area contributed by atoms with Crippen LogP contribution in [0.1, 0.15) is 28.9 Å². The zero-order valence-electron chi connectivity index (χ0n) is 15.1. The minimum Gasteiger partial charge on any atom is -0.368 e. The number of piperazine rings is 1. The molecule has 0 bridgehead atoms. The van der Waals surface area contributed by atoms with Crippen molar-refractivity contribution in [1.82, 2.24) is 9.88 Å². The fourth-order valence-electron chi connectivity index (χ4n) is 3.18. The molecule has 3 rings (SSSR count). The zero-order chi connectivity index (χ0) is 19.4. The summed E-state index contributed by atoms with van der Waals surface area (Å²) in [7, 11) is 0. The first-order valence-corrected chi connectivity index (χ1v) is 8.87. The minimum absolute atomic E-state index is 0.0808. The highest BCUT2D eigenvalue weighted by molar-refractivity contribution is 5.98. The van der Waals surface area contributed by atoms with E-state index in [1.165, 1.54) is 12.1 Å². The number of aryl methyl sites for hydroxylation is 1. The molecule has 1 fully saturated rings. The number of Topliss-reactive ketones (excluding diaryl/α,β-unsaturated/α-hetero) is 1. The van der Waals surface area contributed by atoms with E-state index >= 15 is 0 Å². The molecule has 1 aromatic carbocycles. The third kappa shape index (κ3) is 4.87. The third-order valence-corrected chi connectivity index (χ3v) is 4.63. The Kier molecular flexibility index (Phi) is 5.78. The maximum atomic E-state index is 13.4. The summed E-state index contributed by atoms with van der Waals surface area (Å²) in [6.45, 7) is 3.71. The third-order valence-electron chi connectivity index (χ3n) is 4.63. The summed E-state index contributed by atoms with van der Waals surface area (Å²) in [5.74, 6) is -1.40. The van der Waals surface area contributed by atoms with Crippen LogP contribution in [0.4, 0.5) is 14.5 Å². The number of nitrogens with zero attached hydrogens (tertiary/aromatic N) is 3. The first-order valence-electron chi connectivity index (χ1n) is 8.87. The van der Waals surface area contributed by atoms with Crippen LogP contribution >= 0.6 is 0 Å². The molecule has 0 N–H and O–H groups in total. The van der Waals surface area contributed by atoms with Crippen LogP contribution in [0.2, 0.25) is 0 Å². The van der Waals surface area contributed by atoms with Crippen LogP contribution in [-0.2, 0) is 4.79 Å². The van der Waals surface area contributed by atoms with Gasteiger partial charge in [0.05, 0.1) is 0 Å². The van der Waals surface area contributed by atoms with Gasteiger partial charge in [0.15, 0.2) is 5.78 Å². The lowest BCUT2D eigenvalue weighted by Crippen LogP contribution is -2.48. The lowest BCUT2D eigenvalue weighted by molar-refractivity contribution is -0.131. The molecule has 1 amide bonds. The molecule has 0 saturated carbocycles. The van der Waals surface area contributed by atoms with Crippen molar-refractivity contribution in [3.63, 3.8) is 0 Å². The lowest BCUT2D eigenvalue weighted by atomic mass is 10.1. The second kappa shape index (κ2) is 8.24. The first-order chi connectivity index (χ1) is 12.9. The van der Waals surface area contributed by atoms with Crippen molar-refractivity contribution in [3.05, 3.63) is 59.4 Å². The fourth-order valence-corrected chi connectivity index (χ4v) is 3.18. The van der Waals surface area contributed by atoms with Crippen LogP contribution in [0.15, 0.2) is 36.5 Å². The van der Waals surface area contributed by atoms with E-state index in [9.17, 15) is 18.4 Å². The molecule has 27 heavy (non-hydrogen) atoms. The average molecular weight is 373 g/mol. The maximum Gasteiger partial charge on any atom is 0.223 e. The Morgan fingerprint density at radius 1 is 1.00 bits per heavy atom. The summed E-state index contributed by atoms with van der Waals surface area (Å²) in [5.41, 5.74) is 1.80. The van der Waals surface area contributed by atoms with Gasteiger partial charge in [-0.25, -0.2) is 8.78 Å². The smallest absolute Gasteiger partial charge is 0.223 e. The van der Waals surface area contributed by atoms with Gasteiger partial charge in [-0.1, -0.05) is 0 Å². The number of carbonyl (C=O) groups is 2. The van der Waals surface area contributed by atoms with Crippen molar-refractivity contribution < 1.29 is 18.4 Å². The highest BCUT2D eigenvalue weighted by Gasteiger charge is 2.22. The summed E-state index contributed by atoms with van der Waals surface area (Å²) in [6.07, 6.45) is 1.88. The molecule has 7 heteroatoms. The Labute approximate surface area is 156 Å². The Morgan fingerprint density at radius 3 is 2.30 bits per heavy atom. The number of rotatable bonds is 5. The number of hydrogen-bond donors (Lipinski definition) is 0.